The molecule has 0 fully saturated rings. The number of methoxy groups -OCH3 is 2. The van der Waals surface area contributed by atoms with E-state index in [2.05, 4.69) is 11.6 Å². The van der Waals surface area contributed by atoms with Gasteiger partial charge in [-0.05, 0) is 16.3 Å². The van der Waals surface area contributed by atoms with Crippen molar-refractivity contribution in [2.24, 2.45) is 4.99 Å². The summed E-state index contributed by atoms with van der Waals surface area (Å²) in [6.45, 7) is 4.38. The molecule has 1 aromatic heterocycles. The van der Waals surface area contributed by atoms with Crippen molar-refractivity contribution in [3.8, 4) is 11.5 Å². The molecule has 0 saturated heterocycles. The monoisotopic (exact) mass is 418 g/mol. The van der Waals surface area contributed by atoms with E-state index in [0.717, 1.165) is 26.6 Å². The third-order valence-corrected chi connectivity index (χ3v) is 5.98. The molecule has 152 valence electrons. The number of thiazole rings is 1. The number of rotatable bonds is 6. The van der Waals surface area contributed by atoms with Crippen molar-refractivity contribution in [1.29, 1.82) is 0 Å². The molecule has 4 rings (SSSR count). The SMILES string of the molecule is C=CCn1c(=NC(=O)Cc2cccc3ccccc23)sc2cc(OC)c(OC)cc21. The third-order valence-electron chi connectivity index (χ3n) is 4.94. The van der Waals surface area contributed by atoms with E-state index in [4.69, 9.17) is 9.47 Å². The van der Waals surface area contributed by atoms with Crippen molar-refractivity contribution in [3.05, 3.63) is 77.6 Å². The molecule has 0 aliphatic rings. The topological polar surface area (TPSA) is 52.8 Å². The Bertz CT molecular complexity index is 1310. The highest BCUT2D eigenvalue weighted by Crippen LogP contribution is 2.33. The second-order valence-electron chi connectivity index (χ2n) is 6.78. The van der Waals surface area contributed by atoms with Crippen LogP contribution in [0, 0.1) is 0 Å². The number of allylic oxidation sites excluding steroid dienone is 1. The Morgan fingerprint density at radius 2 is 1.83 bits per heavy atom. The minimum atomic E-state index is -0.186. The summed E-state index contributed by atoms with van der Waals surface area (Å²) in [6, 6.07) is 17.9. The Hall–Kier alpha value is -3.38. The lowest BCUT2D eigenvalue weighted by atomic mass is 10.0. The molecule has 0 aliphatic carbocycles. The zero-order valence-corrected chi connectivity index (χ0v) is 17.7. The van der Waals surface area contributed by atoms with Crippen molar-refractivity contribution in [2.75, 3.05) is 14.2 Å². The van der Waals surface area contributed by atoms with Gasteiger partial charge in [-0.25, -0.2) is 0 Å². The molecule has 0 atom stereocenters. The fraction of sp³-hybridized carbons (Fsp3) is 0.167. The van der Waals surface area contributed by atoms with Crippen molar-refractivity contribution in [3.63, 3.8) is 0 Å². The number of ether oxygens (including phenoxy) is 2. The molecular weight excluding hydrogens is 396 g/mol. The summed E-state index contributed by atoms with van der Waals surface area (Å²) in [4.78, 5) is 17.9. The van der Waals surface area contributed by atoms with Gasteiger partial charge < -0.3 is 14.0 Å². The van der Waals surface area contributed by atoms with Gasteiger partial charge in [0, 0.05) is 18.7 Å². The molecule has 1 heterocycles. The van der Waals surface area contributed by atoms with Crippen LogP contribution in [0.1, 0.15) is 5.56 Å². The van der Waals surface area contributed by atoms with Gasteiger partial charge in [0.2, 0.25) is 0 Å². The second-order valence-corrected chi connectivity index (χ2v) is 7.79. The minimum Gasteiger partial charge on any atom is -0.493 e. The molecule has 0 N–H and O–H groups in total. The Balaban J connectivity index is 1.78. The quantitative estimate of drug-likeness (QED) is 0.426. The predicted molar refractivity (Wildman–Crippen MR) is 121 cm³/mol. The number of aromatic nitrogens is 1. The van der Waals surface area contributed by atoms with Crippen LogP contribution >= 0.6 is 11.3 Å². The fourth-order valence-electron chi connectivity index (χ4n) is 3.54. The van der Waals surface area contributed by atoms with Crippen molar-refractivity contribution < 1.29 is 14.3 Å². The van der Waals surface area contributed by atoms with Gasteiger partial charge >= 0.3 is 0 Å². The van der Waals surface area contributed by atoms with Crippen LogP contribution in [-0.4, -0.2) is 24.7 Å². The maximum Gasteiger partial charge on any atom is 0.252 e. The standard InChI is InChI=1S/C24H22N2O3S/c1-4-12-26-19-14-20(28-2)21(29-3)15-22(19)30-24(26)25-23(27)13-17-10-7-9-16-8-5-6-11-18(16)17/h4-11,14-15H,1,12-13H2,2-3H3. The molecule has 0 aliphatic heterocycles. The van der Waals surface area contributed by atoms with Crippen molar-refractivity contribution >= 4 is 38.2 Å². The maximum atomic E-state index is 12.9. The molecule has 5 nitrogen and oxygen atoms in total. The lowest BCUT2D eigenvalue weighted by molar-refractivity contribution is -0.117. The lowest BCUT2D eigenvalue weighted by Crippen LogP contribution is -2.17. The van der Waals surface area contributed by atoms with Gasteiger partial charge in [0.1, 0.15) is 0 Å². The van der Waals surface area contributed by atoms with Crippen LogP contribution in [0.25, 0.3) is 21.0 Å². The summed E-state index contributed by atoms with van der Waals surface area (Å²) in [7, 11) is 3.21. The van der Waals surface area contributed by atoms with Gasteiger partial charge in [0.15, 0.2) is 16.3 Å². The number of carbonyl (C=O) groups is 1. The molecule has 0 unspecified atom stereocenters. The van der Waals surface area contributed by atoms with E-state index in [1.807, 2.05) is 59.2 Å². The number of nitrogens with zero attached hydrogens (tertiary/aromatic N) is 2. The van der Waals surface area contributed by atoms with Gasteiger partial charge in [-0.2, -0.15) is 4.99 Å². The number of amides is 1. The van der Waals surface area contributed by atoms with E-state index in [-0.39, 0.29) is 12.3 Å². The molecular formula is C24H22N2O3S. The number of hydrogen-bond donors (Lipinski definition) is 0. The first-order valence-electron chi connectivity index (χ1n) is 9.55. The summed E-state index contributed by atoms with van der Waals surface area (Å²) < 4.78 is 13.8. The largest absolute Gasteiger partial charge is 0.493 e. The molecule has 0 saturated carbocycles. The van der Waals surface area contributed by atoms with E-state index in [9.17, 15) is 4.79 Å². The third kappa shape index (κ3) is 3.74. The van der Waals surface area contributed by atoms with Crippen LogP contribution in [0.15, 0.2) is 72.2 Å². The number of benzene rings is 3. The summed E-state index contributed by atoms with van der Waals surface area (Å²) in [6.07, 6.45) is 2.04. The van der Waals surface area contributed by atoms with Crippen LogP contribution in [0.5, 0.6) is 11.5 Å². The fourth-order valence-corrected chi connectivity index (χ4v) is 4.61. The van der Waals surface area contributed by atoms with E-state index in [1.165, 1.54) is 11.3 Å². The van der Waals surface area contributed by atoms with Gasteiger partial charge in [0.05, 0.1) is 30.9 Å². The molecule has 0 bridgehead atoms. The Morgan fingerprint density at radius 3 is 2.60 bits per heavy atom. The summed E-state index contributed by atoms with van der Waals surface area (Å²) in [5, 5.41) is 2.19. The molecule has 4 aromatic rings. The Labute approximate surface area is 178 Å². The Kier molecular flexibility index (Phi) is 5.68. The van der Waals surface area contributed by atoms with E-state index < -0.39 is 0 Å². The molecule has 0 radical (unpaired) electrons. The zero-order chi connectivity index (χ0) is 21.1. The first-order valence-corrected chi connectivity index (χ1v) is 10.4. The first-order chi connectivity index (χ1) is 14.6. The molecule has 1 amide bonds. The predicted octanol–water partition coefficient (Wildman–Crippen LogP) is 4.73. The van der Waals surface area contributed by atoms with Gasteiger partial charge in [-0.1, -0.05) is 59.9 Å². The van der Waals surface area contributed by atoms with Crippen molar-refractivity contribution in [2.45, 2.75) is 13.0 Å². The highest BCUT2D eigenvalue weighted by atomic mass is 32.1. The average molecular weight is 419 g/mol. The van der Waals surface area contributed by atoms with E-state index >= 15 is 0 Å². The first kappa shape index (κ1) is 19.9. The van der Waals surface area contributed by atoms with E-state index in [1.54, 1.807) is 20.3 Å². The molecule has 30 heavy (non-hydrogen) atoms. The zero-order valence-electron chi connectivity index (χ0n) is 16.9. The second kappa shape index (κ2) is 8.55. The number of fused-ring (bicyclic) bond motifs is 2. The number of carbonyl (C=O) groups excluding carboxylic acids is 1. The summed E-state index contributed by atoms with van der Waals surface area (Å²) in [5.41, 5.74) is 1.90. The van der Waals surface area contributed by atoms with Crippen LogP contribution in [0.3, 0.4) is 0 Å². The number of hydrogen-bond acceptors (Lipinski definition) is 4. The van der Waals surface area contributed by atoms with Crippen LogP contribution < -0.4 is 14.3 Å². The molecule has 0 spiro atoms. The maximum absolute atomic E-state index is 12.9. The smallest absolute Gasteiger partial charge is 0.252 e. The summed E-state index contributed by atoms with van der Waals surface area (Å²) in [5.74, 6) is 1.09. The molecule has 3 aromatic carbocycles. The minimum absolute atomic E-state index is 0.186. The normalized spacial score (nSPS) is 11.7. The summed E-state index contributed by atoms with van der Waals surface area (Å²) >= 11 is 1.45. The van der Waals surface area contributed by atoms with Crippen LogP contribution in [-0.2, 0) is 17.8 Å². The Morgan fingerprint density at radius 1 is 1.10 bits per heavy atom. The highest BCUT2D eigenvalue weighted by Gasteiger charge is 2.13. The van der Waals surface area contributed by atoms with Crippen LogP contribution in [0.4, 0.5) is 0 Å². The van der Waals surface area contributed by atoms with Crippen LogP contribution in [0.2, 0.25) is 0 Å². The van der Waals surface area contributed by atoms with Gasteiger partial charge in [-0.15, -0.1) is 6.58 Å². The molecule has 6 heteroatoms. The van der Waals surface area contributed by atoms with Gasteiger partial charge in [0.25, 0.3) is 5.91 Å². The van der Waals surface area contributed by atoms with Crippen molar-refractivity contribution in [1.82, 2.24) is 4.57 Å². The highest BCUT2D eigenvalue weighted by molar-refractivity contribution is 7.16. The average Bonchev–Trinajstić information content (AvgIpc) is 3.09. The van der Waals surface area contributed by atoms with E-state index in [0.29, 0.717) is 22.8 Å². The lowest BCUT2D eigenvalue weighted by Gasteiger charge is -2.08. The van der Waals surface area contributed by atoms with Gasteiger partial charge in [-0.3, -0.25) is 4.79 Å².